The maximum absolute atomic E-state index is 13.8. The van der Waals surface area contributed by atoms with Crippen molar-refractivity contribution >= 4 is 40.5 Å². The van der Waals surface area contributed by atoms with Crippen molar-refractivity contribution in [3.8, 4) is 0 Å². The first kappa shape index (κ1) is 22.8. The average Bonchev–Trinajstić information content (AvgIpc) is 2.99. The Balaban J connectivity index is 1.68. The Morgan fingerprint density at radius 3 is 2.72 bits per heavy atom. The van der Waals surface area contributed by atoms with E-state index in [2.05, 4.69) is 29.0 Å². The van der Waals surface area contributed by atoms with Crippen molar-refractivity contribution in [1.82, 2.24) is 14.4 Å². The van der Waals surface area contributed by atoms with Crippen LogP contribution in [0.4, 0.5) is 17.1 Å². The monoisotopic (exact) mass is 457 g/mol. The largest absolute Gasteiger partial charge is 0.343 e. The Morgan fingerprint density at radius 1 is 1.22 bits per heavy atom. The second-order valence-electron chi connectivity index (χ2n) is 8.59. The molecule has 1 atom stereocenters. The van der Waals surface area contributed by atoms with Crippen molar-refractivity contribution in [1.29, 1.82) is 0 Å². The van der Waals surface area contributed by atoms with E-state index in [0.29, 0.717) is 40.4 Å². The summed E-state index contributed by atoms with van der Waals surface area (Å²) in [6, 6.07) is 7.74. The SMILES string of the molecule is CCN(CC)CC1CCCCN1CC(=O)N1c2ccccc2NC(=O)c2c1c(Cl)cn2C. The Labute approximate surface area is 194 Å². The van der Waals surface area contributed by atoms with Gasteiger partial charge in [-0.25, -0.2) is 0 Å². The van der Waals surface area contributed by atoms with Gasteiger partial charge in [0, 0.05) is 25.8 Å². The lowest BCUT2D eigenvalue weighted by Crippen LogP contribution is -2.50. The highest BCUT2D eigenvalue weighted by atomic mass is 35.5. The lowest BCUT2D eigenvalue weighted by molar-refractivity contribution is -0.120. The van der Waals surface area contributed by atoms with Crippen molar-refractivity contribution in [2.45, 2.75) is 39.2 Å². The van der Waals surface area contributed by atoms with Gasteiger partial charge in [-0.05, 0) is 44.6 Å². The Hall–Kier alpha value is -2.35. The Kier molecular flexibility index (Phi) is 6.88. The number of aromatic nitrogens is 1. The van der Waals surface area contributed by atoms with E-state index < -0.39 is 0 Å². The van der Waals surface area contributed by atoms with E-state index in [4.69, 9.17) is 11.6 Å². The van der Waals surface area contributed by atoms with Gasteiger partial charge in [0.1, 0.15) is 5.69 Å². The van der Waals surface area contributed by atoms with Gasteiger partial charge in [0.15, 0.2) is 0 Å². The number of fused-ring (bicyclic) bond motifs is 2. The first-order valence-electron chi connectivity index (χ1n) is 11.5. The Bertz CT molecular complexity index is 1000. The molecule has 2 aliphatic rings. The molecule has 1 saturated heterocycles. The number of amides is 2. The normalized spacial score (nSPS) is 18.8. The van der Waals surface area contributed by atoms with Crippen molar-refractivity contribution in [2.75, 3.05) is 42.9 Å². The van der Waals surface area contributed by atoms with Crippen LogP contribution in [0, 0.1) is 0 Å². The zero-order valence-corrected chi connectivity index (χ0v) is 19.9. The van der Waals surface area contributed by atoms with Crippen LogP contribution in [0.2, 0.25) is 5.02 Å². The quantitative estimate of drug-likeness (QED) is 0.709. The van der Waals surface area contributed by atoms with Gasteiger partial charge in [-0.1, -0.05) is 44.0 Å². The molecule has 1 aromatic heterocycles. The van der Waals surface area contributed by atoms with Crippen LogP contribution in [-0.2, 0) is 11.8 Å². The number of likely N-dealkylation sites (tertiary alicyclic amines) is 1. The molecule has 0 aliphatic carbocycles. The summed E-state index contributed by atoms with van der Waals surface area (Å²) in [6.07, 6.45) is 5.06. The fraction of sp³-hybridized carbons (Fsp3) is 0.500. The summed E-state index contributed by atoms with van der Waals surface area (Å²) in [5.74, 6) is -0.343. The van der Waals surface area contributed by atoms with Gasteiger partial charge in [-0.2, -0.15) is 0 Å². The molecule has 1 unspecified atom stereocenters. The van der Waals surface area contributed by atoms with Gasteiger partial charge in [0.25, 0.3) is 5.91 Å². The molecule has 1 N–H and O–H groups in total. The average molecular weight is 458 g/mol. The summed E-state index contributed by atoms with van der Waals surface area (Å²) in [6.45, 7) is 8.53. The van der Waals surface area contributed by atoms with Crippen LogP contribution in [-0.4, -0.2) is 64.9 Å². The van der Waals surface area contributed by atoms with E-state index in [-0.39, 0.29) is 11.8 Å². The number of piperidine rings is 1. The highest BCUT2D eigenvalue weighted by Gasteiger charge is 2.35. The minimum atomic E-state index is -0.269. The number of benzene rings is 1. The van der Waals surface area contributed by atoms with Crippen molar-refractivity contribution < 1.29 is 9.59 Å². The summed E-state index contributed by atoms with van der Waals surface area (Å²) in [4.78, 5) is 33.2. The number of hydrogen-bond donors (Lipinski definition) is 1. The lowest BCUT2D eigenvalue weighted by atomic mass is 10.0. The van der Waals surface area contributed by atoms with Crippen LogP contribution >= 0.6 is 11.6 Å². The number of para-hydroxylation sites is 2. The summed E-state index contributed by atoms with van der Waals surface area (Å²) >= 11 is 6.57. The van der Waals surface area contributed by atoms with Crippen molar-refractivity contribution in [2.24, 2.45) is 7.05 Å². The molecule has 8 heteroatoms. The number of hydrogen-bond acceptors (Lipinski definition) is 4. The van der Waals surface area contributed by atoms with E-state index >= 15 is 0 Å². The molecule has 3 heterocycles. The van der Waals surface area contributed by atoms with Crippen molar-refractivity contribution in [3.05, 3.63) is 41.2 Å². The molecule has 0 saturated carbocycles. The lowest BCUT2D eigenvalue weighted by Gasteiger charge is -2.38. The van der Waals surface area contributed by atoms with E-state index in [1.807, 2.05) is 24.3 Å². The van der Waals surface area contributed by atoms with Gasteiger partial charge >= 0.3 is 0 Å². The summed E-state index contributed by atoms with van der Waals surface area (Å²) in [7, 11) is 1.77. The van der Waals surface area contributed by atoms with E-state index in [0.717, 1.165) is 39.0 Å². The van der Waals surface area contributed by atoms with Gasteiger partial charge < -0.3 is 14.8 Å². The number of nitrogens with one attached hydrogen (secondary N) is 1. The van der Waals surface area contributed by atoms with Gasteiger partial charge in [-0.3, -0.25) is 19.4 Å². The number of anilines is 3. The highest BCUT2D eigenvalue weighted by Crippen LogP contribution is 2.42. The molecule has 7 nitrogen and oxygen atoms in total. The predicted octanol–water partition coefficient (Wildman–Crippen LogP) is 4.11. The second kappa shape index (κ2) is 9.65. The summed E-state index contributed by atoms with van der Waals surface area (Å²) < 4.78 is 1.68. The molecular weight excluding hydrogens is 426 g/mol. The molecule has 1 aromatic carbocycles. The fourth-order valence-corrected chi connectivity index (χ4v) is 5.21. The number of carbonyl (C=O) groups is 2. The molecule has 2 aliphatic heterocycles. The maximum atomic E-state index is 13.8. The first-order chi connectivity index (χ1) is 15.4. The smallest absolute Gasteiger partial charge is 0.274 e. The zero-order valence-electron chi connectivity index (χ0n) is 19.1. The van der Waals surface area contributed by atoms with Crippen molar-refractivity contribution in [3.63, 3.8) is 0 Å². The van der Waals surface area contributed by atoms with Gasteiger partial charge in [0.05, 0.1) is 28.6 Å². The molecule has 1 fully saturated rings. The molecule has 2 aromatic rings. The minimum Gasteiger partial charge on any atom is -0.343 e. The van der Waals surface area contributed by atoms with Crippen LogP contribution in [0.25, 0.3) is 0 Å². The second-order valence-corrected chi connectivity index (χ2v) is 9.00. The van der Waals surface area contributed by atoms with Crippen LogP contribution in [0.5, 0.6) is 0 Å². The molecular formula is C24H32ClN5O2. The molecule has 32 heavy (non-hydrogen) atoms. The highest BCUT2D eigenvalue weighted by molar-refractivity contribution is 6.36. The number of halogens is 1. The number of nitrogens with zero attached hydrogens (tertiary/aromatic N) is 4. The zero-order chi connectivity index (χ0) is 22.8. The third-order valence-electron chi connectivity index (χ3n) is 6.64. The maximum Gasteiger partial charge on any atom is 0.274 e. The Morgan fingerprint density at radius 2 is 1.97 bits per heavy atom. The third-order valence-corrected chi connectivity index (χ3v) is 6.92. The third kappa shape index (κ3) is 4.29. The summed E-state index contributed by atoms with van der Waals surface area (Å²) in [5, 5.41) is 3.33. The molecule has 0 bridgehead atoms. The first-order valence-corrected chi connectivity index (χ1v) is 11.9. The fourth-order valence-electron chi connectivity index (χ4n) is 4.89. The van der Waals surface area contributed by atoms with Crippen LogP contribution in [0.3, 0.4) is 0 Å². The van der Waals surface area contributed by atoms with Crippen LogP contribution in [0.15, 0.2) is 30.5 Å². The van der Waals surface area contributed by atoms with E-state index in [1.54, 1.807) is 22.7 Å². The van der Waals surface area contributed by atoms with Crippen LogP contribution < -0.4 is 10.2 Å². The number of aryl methyl sites for hydroxylation is 1. The van der Waals surface area contributed by atoms with Crippen LogP contribution in [0.1, 0.15) is 43.6 Å². The molecule has 0 spiro atoms. The topological polar surface area (TPSA) is 60.8 Å². The number of rotatable bonds is 6. The molecule has 4 rings (SSSR count). The number of likely N-dealkylation sites (N-methyl/N-ethyl adjacent to an activating group) is 1. The standard InChI is InChI=1S/C24H32ClN5O2/c1-4-28(5-2)14-17-10-8-9-13-29(17)16-21(31)30-20-12-7-6-11-19(20)26-24(32)23-22(30)18(25)15-27(23)3/h6-7,11-12,15,17H,4-5,8-10,13-14,16H2,1-3H3,(H,26,32). The predicted molar refractivity (Wildman–Crippen MR) is 129 cm³/mol. The van der Waals surface area contributed by atoms with E-state index in [1.165, 1.54) is 6.42 Å². The molecule has 0 radical (unpaired) electrons. The van der Waals surface area contributed by atoms with E-state index in [9.17, 15) is 9.59 Å². The van der Waals surface area contributed by atoms with Gasteiger partial charge in [0.2, 0.25) is 5.91 Å². The number of carbonyl (C=O) groups excluding carboxylic acids is 2. The minimum absolute atomic E-state index is 0.0743. The molecule has 2 amide bonds. The molecule has 172 valence electrons. The van der Waals surface area contributed by atoms with Gasteiger partial charge in [-0.15, -0.1) is 0 Å². The summed E-state index contributed by atoms with van der Waals surface area (Å²) in [5.41, 5.74) is 2.10.